The second-order valence-electron chi connectivity index (χ2n) is 8.22. The summed E-state index contributed by atoms with van der Waals surface area (Å²) in [6.45, 7) is 5.47. The standard InChI is InChI=1S/C22H26N4O5S/c1-4-17(27)11-16-10-14(8-9-24-16)21(28)25-22(2,3)13-31-18-7-5-6-15-12-32(29,30)26-20(23)19(15)18/h5-10H,4,11-13H2,1-3H3,(H2,23,26)(H,25,28). The normalized spacial score (nSPS) is 14.8. The fourth-order valence-electron chi connectivity index (χ4n) is 3.25. The van der Waals surface area contributed by atoms with E-state index in [1.165, 1.54) is 6.20 Å². The smallest absolute Gasteiger partial charge is 0.259 e. The minimum atomic E-state index is -3.64. The molecule has 1 aromatic heterocycles. The number of amides is 1. The van der Waals surface area contributed by atoms with E-state index in [-0.39, 0.29) is 36.3 Å². The molecule has 0 unspecified atom stereocenters. The molecule has 0 radical (unpaired) electrons. The summed E-state index contributed by atoms with van der Waals surface area (Å²) in [4.78, 5) is 28.6. The van der Waals surface area contributed by atoms with E-state index in [9.17, 15) is 18.0 Å². The Morgan fingerprint density at radius 1 is 1.25 bits per heavy atom. The number of nitrogens with two attached hydrogens (primary N) is 1. The van der Waals surface area contributed by atoms with E-state index >= 15 is 0 Å². The average Bonchev–Trinajstić information content (AvgIpc) is 2.71. The zero-order valence-corrected chi connectivity index (χ0v) is 19.0. The summed E-state index contributed by atoms with van der Waals surface area (Å²) < 4.78 is 33.1. The Kier molecular flexibility index (Phi) is 6.63. The van der Waals surface area contributed by atoms with Crippen molar-refractivity contribution in [3.05, 3.63) is 58.9 Å². The molecule has 1 aliphatic heterocycles. The molecule has 3 N–H and O–H groups in total. The number of hydrogen-bond acceptors (Lipinski definition) is 7. The first kappa shape index (κ1) is 23.4. The van der Waals surface area contributed by atoms with Gasteiger partial charge in [0.25, 0.3) is 15.9 Å². The maximum absolute atomic E-state index is 12.8. The van der Waals surface area contributed by atoms with Crippen LogP contribution in [0.2, 0.25) is 0 Å². The van der Waals surface area contributed by atoms with Crippen LogP contribution >= 0.6 is 0 Å². The van der Waals surface area contributed by atoms with Crippen molar-refractivity contribution in [2.75, 3.05) is 6.61 Å². The number of ketones is 1. The lowest BCUT2D eigenvalue weighted by Gasteiger charge is -2.27. The van der Waals surface area contributed by atoms with Gasteiger partial charge in [-0.25, -0.2) is 8.42 Å². The Morgan fingerprint density at radius 2 is 2.00 bits per heavy atom. The van der Waals surface area contributed by atoms with Gasteiger partial charge in [0.05, 0.1) is 16.9 Å². The number of pyridine rings is 1. The highest BCUT2D eigenvalue weighted by atomic mass is 32.2. The van der Waals surface area contributed by atoms with E-state index in [1.54, 1.807) is 51.1 Å². The highest BCUT2D eigenvalue weighted by Gasteiger charge is 2.27. The largest absolute Gasteiger partial charge is 0.490 e. The number of hydrogen-bond donors (Lipinski definition) is 2. The van der Waals surface area contributed by atoms with E-state index in [1.807, 2.05) is 0 Å². The highest BCUT2D eigenvalue weighted by Crippen LogP contribution is 2.28. The van der Waals surface area contributed by atoms with Crippen LogP contribution < -0.4 is 15.8 Å². The van der Waals surface area contributed by atoms with Crippen molar-refractivity contribution in [3.8, 4) is 5.75 Å². The molecule has 10 heteroatoms. The molecule has 0 aliphatic carbocycles. The summed E-state index contributed by atoms with van der Waals surface area (Å²) in [7, 11) is -3.64. The molecule has 3 rings (SSSR count). The van der Waals surface area contributed by atoms with Crippen LogP contribution in [-0.4, -0.2) is 43.1 Å². The monoisotopic (exact) mass is 458 g/mol. The van der Waals surface area contributed by atoms with Gasteiger partial charge in [-0.1, -0.05) is 19.1 Å². The second-order valence-corrected chi connectivity index (χ2v) is 9.86. The van der Waals surface area contributed by atoms with Crippen molar-refractivity contribution in [2.24, 2.45) is 10.1 Å². The van der Waals surface area contributed by atoms with Crippen LogP contribution in [0.1, 0.15) is 54.4 Å². The quantitative estimate of drug-likeness (QED) is 0.614. The Labute approximate surface area is 187 Å². The highest BCUT2D eigenvalue weighted by molar-refractivity contribution is 7.89. The van der Waals surface area contributed by atoms with Crippen LogP contribution in [0.15, 0.2) is 40.9 Å². The fraction of sp³-hybridized carbons (Fsp3) is 0.364. The molecular formula is C22H26N4O5S. The van der Waals surface area contributed by atoms with E-state index in [0.717, 1.165) is 0 Å². The number of benzene rings is 1. The van der Waals surface area contributed by atoms with E-state index < -0.39 is 15.6 Å². The van der Waals surface area contributed by atoms with Gasteiger partial charge in [0.15, 0.2) is 0 Å². The van der Waals surface area contributed by atoms with Gasteiger partial charge in [-0.2, -0.15) is 0 Å². The number of nitrogens with one attached hydrogen (secondary N) is 1. The summed E-state index contributed by atoms with van der Waals surface area (Å²) in [5.74, 6) is -0.246. The molecule has 2 heterocycles. The molecule has 9 nitrogen and oxygen atoms in total. The third kappa shape index (κ3) is 5.70. The summed E-state index contributed by atoms with van der Waals surface area (Å²) in [6, 6.07) is 8.21. The number of carbonyl (C=O) groups is 2. The van der Waals surface area contributed by atoms with Gasteiger partial charge in [-0.15, -0.1) is 4.40 Å². The van der Waals surface area contributed by atoms with Gasteiger partial charge >= 0.3 is 0 Å². The molecule has 1 aliphatic rings. The number of ether oxygens (including phenoxy) is 1. The lowest BCUT2D eigenvalue weighted by molar-refractivity contribution is -0.118. The van der Waals surface area contributed by atoms with Crippen molar-refractivity contribution in [2.45, 2.75) is 44.9 Å². The zero-order valence-electron chi connectivity index (χ0n) is 18.2. The lowest BCUT2D eigenvalue weighted by atomic mass is 10.0. The lowest BCUT2D eigenvalue weighted by Crippen LogP contribution is -2.48. The maximum Gasteiger partial charge on any atom is 0.259 e. The van der Waals surface area contributed by atoms with Crippen molar-refractivity contribution in [3.63, 3.8) is 0 Å². The molecule has 0 saturated heterocycles. The van der Waals surface area contributed by atoms with Gasteiger partial charge in [0.2, 0.25) is 0 Å². The summed E-state index contributed by atoms with van der Waals surface area (Å²) >= 11 is 0. The summed E-state index contributed by atoms with van der Waals surface area (Å²) in [5.41, 5.74) is 7.00. The first-order valence-corrected chi connectivity index (χ1v) is 11.7. The Hall–Kier alpha value is -3.27. The Morgan fingerprint density at radius 3 is 2.72 bits per heavy atom. The van der Waals surface area contributed by atoms with Gasteiger partial charge in [-0.3, -0.25) is 14.6 Å². The van der Waals surface area contributed by atoms with Crippen LogP contribution in [0.5, 0.6) is 5.75 Å². The molecule has 1 amide bonds. The molecule has 0 spiro atoms. The van der Waals surface area contributed by atoms with Gasteiger partial charge in [0.1, 0.15) is 24.0 Å². The van der Waals surface area contributed by atoms with E-state index in [2.05, 4.69) is 14.7 Å². The fourth-order valence-corrected chi connectivity index (χ4v) is 4.34. The topological polar surface area (TPSA) is 141 Å². The predicted octanol–water partition coefficient (Wildman–Crippen LogP) is 1.74. The summed E-state index contributed by atoms with van der Waals surface area (Å²) in [6.07, 6.45) is 2.10. The Balaban J connectivity index is 1.70. The third-order valence-corrected chi connectivity index (χ3v) is 5.99. The van der Waals surface area contributed by atoms with Crippen LogP contribution in [-0.2, 0) is 27.0 Å². The number of nitrogens with zero attached hydrogens (tertiary/aromatic N) is 2. The number of Topliss-reactive ketones (excluding diaryl/α,β-unsaturated/α-hetero) is 1. The predicted molar refractivity (Wildman–Crippen MR) is 120 cm³/mol. The van der Waals surface area contributed by atoms with Gasteiger partial charge in [-0.05, 0) is 37.6 Å². The van der Waals surface area contributed by atoms with Crippen molar-refractivity contribution in [1.82, 2.24) is 10.3 Å². The van der Waals surface area contributed by atoms with Gasteiger partial charge in [0, 0.05) is 30.3 Å². The number of sulfonamides is 1. The number of amidine groups is 1. The summed E-state index contributed by atoms with van der Waals surface area (Å²) in [5, 5.41) is 2.91. The molecule has 0 bridgehead atoms. The molecular weight excluding hydrogens is 432 g/mol. The number of rotatable bonds is 8. The number of fused-ring (bicyclic) bond motifs is 1. The first-order chi connectivity index (χ1) is 15.0. The molecule has 2 aromatic rings. The second kappa shape index (κ2) is 9.07. The van der Waals surface area contributed by atoms with Crippen molar-refractivity contribution in [1.29, 1.82) is 0 Å². The number of aromatic nitrogens is 1. The SMILES string of the molecule is CCC(=O)Cc1cc(C(=O)NC(C)(C)COc2cccc3c2C(N)=NS(=O)(=O)C3)ccn1. The van der Waals surface area contributed by atoms with Crippen LogP contribution in [0.3, 0.4) is 0 Å². The van der Waals surface area contributed by atoms with Crippen molar-refractivity contribution < 1.29 is 22.7 Å². The van der Waals surface area contributed by atoms with Gasteiger partial charge < -0.3 is 15.8 Å². The molecule has 32 heavy (non-hydrogen) atoms. The zero-order chi connectivity index (χ0) is 23.5. The number of carbonyl (C=O) groups excluding carboxylic acids is 2. The molecule has 0 saturated carbocycles. The average molecular weight is 459 g/mol. The minimum absolute atomic E-state index is 0.0468. The third-order valence-electron chi connectivity index (χ3n) is 4.84. The minimum Gasteiger partial charge on any atom is -0.490 e. The van der Waals surface area contributed by atoms with Crippen LogP contribution in [0.4, 0.5) is 0 Å². The van der Waals surface area contributed by atoms with Crippen LogP contribution in [0, 0.1) is 0 Å². The molecule has 170 valence electrons. The van der Waals surface area contributed by atoms with E-state index in [0.29, 0.717) is 34.6 Å². The van der Waals surface area contributed by atoms with Crippen LogP contribution in [0.25, 0.3) is 0 Å². The first-order valence-electron chi connectivity index (χ1n) is 10.1. The molecule has 0 fully saturated rings. The van der Waals surface area contributed by atoms with E-state index in [4.69, 9.17) is 10.5 Å². The Bertz CT molecular complexity index is 1190. The molecule has 1 aromatic carbocycles. The molecule has 0 atom stereocenters. The van der Waals surface area contributed by atoms with Crippen molar-refractivity contribution >= 4 is 27.5 Å². The maximum atomic E-state index is 12.8.